The van der Waals surface area contributed by atoms with Gasteiger partial charge in [-0.15, -0.1) is 0 Å². The number of anilines is 1. The van der Waals surface area contributed by atoms with Crippen molar-refractivity contribution in [2.45, 2.75) is 32.3 Å². The van der Waals surface area contributed by atoms with Crippen LogP contribution in [0.5, 0.6) is 0 Å². The molecule has 1 aliphatic rings. The molecule has 1 unspecified atom stereocenters. The summed E-state index contributed by atoms with van der Waals surface area (Å²) in [4.78, 5) is 13.4. The maximum Gasteiger partial charge on any atom is 0.414 e. The van der Waals surface area contributed by atoms with Crippen LogP contribution < -0.4 is 4.90 Å². The Kier molecular flexibility index (Phi) is 3.87. The summed E-state index contributed by atoms with van der Waals surface area (Å²) in [5.74, 6) is 0.478. The first-order valence-electron chi connectivity index (χ1n) is 6.30. The predicted molar refractivity (Wildman–Crippen MR) is 69.8 cm³/mol. The first-order valence-corrected chi connectivity index (χ1v) is 6.30. The summed E-state index contributed by atoms with van der Waals surface area (Å²) >= 11 is 0. The molecular weight excluding hydrogens is 230 g/mol. The maximum atomic E-state index is 11.8. The summed E-state index contributed by atoms with van der Waals surface area (Å²) in [6, 6.07) is 7.95. The van der Waals surface area contributed by atoms with E-state index in [9.17, 15) is 4.79 Å². The highest BCUT2D eigenvalue weighted by atomic mass is 16.6. The molecule has 0 aliphatic carbocycles. The van der Waals surface area contributed by atoms with E-state index in [1.54, 1.807) is 4.90 Å². The van der Waals surface area contributed by atoms with Crippen molar-refractivity contribution in [1.29, 1.82) is 0 Å². The molecule has 1 N–H and O–H groups in total. The van der Waals surface area contributed by atoms with Crippen LogP contribution in [0.2, 0.25) is 0 Å². The van der Waals surface area contributed by atoms with Crippen LogP contribution in [0.4, 0.5) is 10.5 Å². The molecule has 1 amide bonds. The number of ether oxygens (including phenoxy) is 1. The molecule has 1 saturated heterocycles. The van der Waals surface area contributed by atoms with E-state index in [1.165, 1.54) is 5.56 Å². The topological polar surface area (TPSA) is 49.8 Å². The monoisotopic (exact) mass is 249 g/mol. The predicted octanol–water partition coefficient (Wildman–Crippen LogP) is 2.52. The van der Waals surface area contributed by atoms with Crippen molar-refractivity contribution in [3.8, 4) is 0 Å². The number of rotatable bonds is 3. The quantitative estimate of drug-likeness (QED) is 0.895. The summed E-state index contributed by atoms with van der Waals surface area (Å²) in [6.07, 6.45) is -0.0740. The normalized spacial score (nSPS) is 20.1. The standard InChI is InChI=1S/C14H19NO3/c1-10(2)11-3-5-12(6-4-11)15-8-7-13(9-16)18-14(15)17/h3-6,10,13,16H,7-9H2,1-2H3. The van der Waals surface area contributed by atoms with Gasteiger partial charge in [0.25, 0.3) is 0 Å². The minimum absolute atomic E-state index is 0.105. The Morgan fingerprint density at radius 3 is 2.56 bits per heavy atom. The lowest BCUT2D eigenvalue weighted by molar-refractivity contribution is 0.0453. The van der Waals surface area contributed by atoms with Crippen LogP contribution >= 0.6 is 0 Å². The summed E-state index contributed by atoms with van der Waals surface area (Å²) in [5.41, 5.74) is 2.10. The Balaban J connectivity index is 2.10. The van der Waals surface area contributed by atoms with Gasteiger partial charge >= 0.3 is 6.09 Å². The van der Waals surface area contributed by atoms with Gasteiger partial charge in [-0.25, -0.2) is 4.79 Å². The van der Waals surface area contributed by atoms with Crippen molar-refractivity contribution in [3.05, 3.63) is 29.8 Å². The van der Waals surface area contributed by atoms with Crippen LogP contribution in [0.1, 0.15) is 31.7 Å². The van der Waals surface area contributed by atoms with E-state index >= 15 is 0 Å². The smallest absolute Gasteiger partial charge is 0.414 e. The summed E-state index contributed by atoms with van der Waals surface area (Å²) in [5, 5.41) is 8.97. The lowest BCUT2D eigenvalue weighted by Gasteiger charge is -2.31. The van der Waals surface area contributed by atoms with E-state index in [0.717, 1.165) is 5.69 Å². The van der Waals surface area contributed by atoms with Crippen molar-refractivity contribution < 1.29 is 14.6 Å². The highest BCUT2D eigenvalue weighted by Crippen LogP contribution is 2.23. The molecular formula is C14H19NO3. The first kappa shape index (κ1) is 12.9. The zero-order valence-corrected chi connectivity index (χ0v) is 10.8. The SMILES string of the molecule is CC(C)c1ccc(N2CCC(CO)OC2=O)cc1. The van der Waals surface area contributed by atoms with E-state index in [1.807, 2.05) is 24.3 Å². The van der Waals surface area contributed by atoms with Gasteiger partial charge in [0.2, 0.25) is 0 Å². The van der Waals surface area contributed by atoms with Crippen molar-refractivity contribution in [2.75, 3.05) is 18.1 Å². The molecule has 0 spiro atoms. The van der Waals surface area contributed by atoms with Gasteiger partial charge in [-0.1, -0.05) is 26.0 Å². The molecule has 1 aromatic rings. The third kappa shape index (κ3) is 2.64. The number of carbonyl (C=O) groups is 1. The Morgan fingerprint density at radius 2 is 2.06 bits per heavy atom. The number of aliphatic hydroxyl groups excluding tert-OH is 1. The molecule has 18 heavy (non-hydrogen) atoms. The Bertz CT molecular complexity index is 414. The van der Waals surface area contributed by atoms with E-state index in [-0.39, 0.29) is 18.8 Å². The van der Waals surface area contributed by atoms with Crippen molar-refractivity contribution in [3.63, 3.8) is 0 Å². The van der Waals surface area contributed by atoms with E-state index in [4.69, 9.17) is 9.84 Å². The fraction of sp³-hybridized carbons (Fsp3) is 0.500. The molecule has 4 nitrogen and oxygen atoms in total. The summed E-state index contributed by atoms with van der Waals surface area (Å²) in [7, 11) is 0. The van der Waals surface area contributed by atoms with E-state index in [0.29, 0.717) is 18.9 Å². The number of aliphatic hydroxyl groups is 1. The van der Waals surface area contributed by atoms with Gasteiger partial charge in [0.05, 0.1) is 6.61 Å². The molecule has 4 heteroatoms. The van der Waals surface area contributed by atoms with Crippen molar-refractivity contribution in [1.82, 2.24) is 0 Å². The first-order chi connectivity index (χ1) is 8.61. The van der Waals surface area contributed by atoms with Crippen molar-refractivity contribution in [2.24, 2.45) is 0 Å². The second kappa shape index (κ2) is 5.40. The van der Waals surface area contributed by atoms with Crippen LogP contribution in [0, 0.1) is 0 Å². The fourth-order valence-electron chi connectivity index (χ4n) is 2.03. The Hall–Kier alpha value is -1.55. The van der Waals surface area contributed by atoms with Gasteiger partial charge in [0.1, 0.15) is 6.10 Å². The van der Waals surface area contributed by atoms with Crippen LogP contribution in [0.15, 0.2) is 24.3 Å². The molecule has 1 atom stereocenters. The molecule has 1 aliphatic heterocycles. The molecule has 98 valence electrons. The lowest BCUT2D eigenvalue weighted by Crippen LogP contribution is -2.43. The third-order valence-electron chi connectivity index (χ3n) is 3.24. The van der Waals surface area contributed by atoms with Crippen LogP contribution in [-0.2, 0) is 4.74 Å². The maximum absolute atomic E-state index is 11.8. The minimum Gasteiger partial charge on any atom is -0.443 e. The number of nitrogens with zero attached hydrogens (tertiary/aromatic N) is 1. The average Bonchev–Trinajstić information content (AvgIpc) is 2.38. The summed E-state index contributed by atoms with van der Waals surface area (Å²) < 4.78 is 5.12. The molecule has 2 rings (SSSR count). The van der Waals surface area contributed by atoms with Gasteiger partial charge in [-0.05, 0) is 23.6 Å². The molecule has 0 saturated carbocycles. The molecule has 0 bridgehead atoms. The summed E-state index contributed by atoms with van der Waals surface area (Å²) in [6.45, 7) is 4.75. The van der Waals surface area contributed by atoms with Crippen LogP contribution in [0.3, 0.4) is 0 Å². The minimum atomic E-state index is -0.377. The lowest BCUT2D eigenvalue weighted by atomic mass is 10.0. The third-order valence-corrected chi connectivity index (χ3v) is 3.24. The van der Waals surface area contributed by atoms with E-state index < -0.39 is 0 Å². The highest BCUT2D eigenvalue weighted by Gasteiger charge is 2.27. The number of hydrogen-bond donors (Lipinski definition) is 1. The molecule has 1 fully saturated rings. The van der Waals surface area contributed by atoms with Gasteiger partial charge in [-0.3, -0.25) is 4.90 Å². The van der Waals surface area contributed by atoms with Gasteiger partial charge in [0, 0.05) is 18.7 Å². The molecule has 1 heterocycles. The highest BCUT2D eigenvalue weighted by molar-refractivity contribution is 5.88. The molecule has 0 radical (unpaired) electrons. The zero-order chi connectivity index (χ0) is 13.1. The van der Waals surface area contributed by atoms with Crippen LogP contribution in [0.25, 0.3) is 0 Å². The van der Waals surface area contributed by atoms with Gasteiger partial charge in [-0.2, -0.15) is 0 Å². The Labute approximate surface area is 107 Å². The largest absolute Gasteiger partial charge is 0.443 e. The molecule has 1 aromatic carbocycles. The fourth-order valence-corrected chi connectivity index (χ4v) is 2.03. The number of cyclic esters (lactones) is 1. The van der Waals surface area contributed by atoms with Gasteiger partial charge in [0.15, 0.2) is 0 Å². The zero-order valence-electron chi connectivity index (χ0n) is 10.8. The molecule has 0 aromatic heterocycles. The number of amides is 1. The second-order valence-electron chi connectivity index (χ2n) is 4.87. The van der Waals surface area contributed by atoms with Gasteiger partial charge < -0.3 is 9.84 Å². The number of hydrogen-bond acceptors (Lipinski definition) is 3. The van der Waals surface area contributed by atoms with E-state index in [2.05, 4.69) is 13.8 Å². The Morgan fingerprint density at radius 1 is 1.39 bits per heavy atom. The number of carbonyl (C=O) groups excluding carboxylic acids is 1. The van der Waals surface area contributed by atoms with Crippen LogP contribution in [-0.4, -0.2) is 30.5 Å². The second-order valence-corrected chi connectivity index (χ2v) is 4.87. The average molecular weight is 249 g/mol. The number of benzene rings is 1. The van der Waals surface area contributed by atoms with Crippen molar-refractivity contribution >= 4 is 11.8 Å².